The van der Waals surface area contributed by atoms with E-state index in [2.05, 4.69) is 34.9 Å². The number of aliphatic carboxylic acids is 1. The van der Waals surface area contributed by atoms with Crippen molar-refractivity contribution in [2.75, 3.05) is 6.61 Å². The van der Waals surface area contributed by atoms with Crippen LogP contribution in [0.3, 0.4) is 0 Å². The van der Waals surface area contributed by atoms with Gasteiger partial charge in [0.25, 0.3) is 0 Å². The molecule has 1 fully saturated rings. The summed E-state index contributed by atoms with van der Waals surface area (Å²) in [6.45, 7) is 1.68. The van der Waals surface area contributed by atoms with Gasteiger partial charge in [-0.2, -0.15) is 0 Å². The number of hydrogen-bond acceptors (Lipinski definition) is 4. The number of rotatable bonds is 7. The molecular formula is C26H30N2O5. The molecular weight excluding hydrogens is 420 g/mol. The Bertz CT molecular complexity index is 991. The lowest BCUT2D eigenvalue weighted by molar-refractivity contribution is -0.141. The lowest BCUT2D eigenvalue weighted by Gasteiger charge is -2.31. The van der Waals surface area contributed by atoms with Gasteiger partial charge in [-0.1, -0.05) is 61.4 Å². The Morgan fingerprint density at radius 3 is 2.24 bits per heavy atom. The van der Waals surface area contributed by atoms with Gasteiger partial charge in [-0.05, 0) is 47.9 Å². The van der Waals surface area contributed by atoms with Crippen LogP contribution < -0.4 is 10.6 Å². The van der Waals surface area contributed by atoms with Gasteiger partial charge in [-0.15, -0.1) is 0 Å². The first-order valence-electron chi connectivity index (χ1n) is 11.6. The summed E-state index contributed by atoms with van der Waals surface area (Å²) in [7, 11) is 0. The number of amides is 2. The molecule has 0 aliphatic heterocycles. The summed E-state index contributed by atoms with van der Waals surface area (Å²) in [5.41, 5.74) is 4.67. The van der Waals surface area contributed by atoms with Gasteiger partial charge in [-0.25, -0.2) is 4.79 Å². The molecule has 0 unspecified atom stereocenters. The summed E-state index contributed by atoms with van der Waals surface area (Å²) in [4.78, 5) is 35.9. The molecule has 3 N–H and O–H groups in total. The van der Waals surface area contributed by atoms with Crippen LogP contribution in [0, 0.1) is 5.92 Å². The second-order valence-electron chi connectivity index (χ2n) is 8.95. The number of carboxylic acid groups (broad SMARTS) is 1. The Hall–Kier alpha value is -3.35. The summed E-state index contributed by atoms with van der Waals surface area (Å²) >= 11 is 0. The molecule has 4 rings (SSSR count). The maximum absolute atomic E-state index is 12.7. The molecule has 0 heterocycles. The zero-order valence-corrected chi connectivity index (χ0v) is 18.8. The monoisotopic (exact) mass is 450 g/mol. The van der Waals surface area contributed by atoms with Gasteiger partial charge in [-0.3, -0.25) is 9.59 Å². The molecule has 0 radical (unpaired) electrons. The van der Waals surface area contributed by atoms with Crippen LogP contribution in [0.2, 0.25) is 0 Å². The van der Waals surface area contributed by atoms with E-state index in [4.69, 9.17) is 9.84 Å². The number of benzene rings is 2. The highest BCUT2D eigenvalue weighted by Crippen LogP contribution is 2.44. The summed E-state index contributed by atoms with van der Waals surface area (Å²) < 4.78 is 5.66. The van der Waals surface area contributed by atoms with Gasteiger partial charge >= 0.3 is 12.1 Å². The third kappa shape index (κ3) is 5.18. The number of hydrogen-bond donors (Lipinski definition) is 3. The van der Waals surface area contributed by atoms with Crippen LogP contribution in [-0.4, -0.2) is 41.8 Å². The predicted octanol–water partition coefficient (Wildman–Crippen LogP) is 4.06. The number of carbonyl (C=O) groups is 3. The van der Waals surface area contributed by atoms with E-state index in [0.29, 0.717) is 0 Å². The number of carboxylic acids is 1. The van der Waals surface area contributed by atoms with Gasteiger partial charge in [0.1, 0.15) is 12.6 Å². The second-order valence-corrected chi connectivity index (χ2v) is 8.95. The van der Waals surface area contributed by atoms with Gasteiger partial charge in [0.2, 0.25) is 5.91 Å². The average molecular weight is 451 g/mol. The van der Waals surface area contributed by atoms with E-state index in [1.165, 1.54) is 18.1 Å². The molecule has 7 nitrogen and oxygen atoms in total. The first-order valence-corrected chi connectivity index (χ1v) is 11.6. The van der Waals surface area contributed by atoms with Crippen LogP contribution in [-0.2, 0) is 14.3 Å². The van der Waals surface area contributed by atoms with Crippen LogP contribution in [0.4, 0.5) is 4.79 Å². The molecule has 2 amide bonds. The van der Waals surface area contributed by atoms with Crippen molar-refractivity contribution in [1.29, 1.82) is 0 Å². The fourth-order valence-electron chi connectivity index (χ4n) is 5.03. The minimum Gasteiger partial charge on any atom is -0.480 e. The molecule has 0 bridgehead atoms. The van der Waals surface area contributed by atoms with Gasteiger partial charge < -0.3 is 20.5 Å². The van der Waals surface area contributed by atoms with Crippen LogP contribution in [0.1, 0.15) is 56.1 Å². The molecule has 33 heavy (non-hydrogen) atoms. The smallest absolute Gasteiger partial charge is 0.407 e. The van der Waals surface area contributed by atoms with Crippen molar-refractivity contribution in [3.05, 3.63) is 59.7 Å². The quantitative estimate of drug-likeness (QED) is 0.590. The van der Waals surface area contributed by atoms with Crippen LogP contribution in [0.5, 0.6) is 0 Å². The Morgan fingerprint density at radius 2 is 1.61 bits per heavy atom. The third-order valence-corrected chi connectivity index (χ3v) is 6.75. The predicted molar refractivity (Wildman–Crippen MR) is 124 cm³/mol. The normalized spacial score (nSPS) is 20.3. The highest BCUT2D eigenvalue weighted by molar-refractivity contribution is 5.83. The molecule has 0 saturated heterocycles. The molecule has 1 saturated carbocycles. The van der Waals surface area contributed by atoms with E-state index in [0.717, 1.165) is 36.8 Å². The van der Waals surface area contributed by atoms with Gasteiger partial charge in [0.05, 0.1) is 0 Å². The highest BCUT2D eigenvalue weighted by atomic mass is 16.5. The van der Waals surface area contributed by atoms with E-state index in [-0.39, 0.29) is 36.8 Å². The summed E-state index contributed by atoms with van der Waals surface area (Å²) in [6.07, 6.45) is 3.24. The molecule has 2 aliphatic rings. The van der Waals surface area contributed by atoms with E-state index < -0.39 is 18.1 Å². The Labute approximate surface area is 193 Å². The zero-order valence-electron chi connectivity index (χ0n) is 18.8. The maximum Gasteiger partial charge on any atom is 0.407 e. The fraction of sp³-hybridized carbons (Fsp3) is 0.423. The highest BCUT2D eigenvalue weighted by Gasteiger charge is 2.32. The van der Waals surface area contributed by atoms with Crippen LogP contribution >= 0.6 is 0 Å². The van der Waals surface area contributed by atoms with E-state index in [9.17, 15) is 14.4 Å². The molecule has 3 atom stereocenters. The molecule has 0 spiro atoms. The Morgan fingerprint density at radius 1 is 1.00 bits per heavy atom. The Kier molecular flexibility index (Phi) is 6.96. The van der Waals surface area contributed by atoms with Crippen molar-refractivity contribution in [3.8, 4) is 11.1 Å². The van der Waals surface area contributed by atoms with E-state index >= 15 is 0 Å². The number of ether oxygens (including phenoxy) is 1. The number of alkyl carbamates (subject to hydrolysis) is 1. The fourth-order valence-corrected chi connectivity index (χ4v) is 5.03. The Balaban J connectivity index is 1.35. The number of nitrogens with one attached hydrogen (secondary N) is 2. The summed E-state index contributed by atoms with van der Waals surface area (Å²) in [5, 5.41) is 14.5. The molecule has 2 aromatic carbocycles. The van der Waals surface area contributed by atoms with Crippen molar-refractivity contribution >= 4 is 18.0 Å². The first kappa shape index (κ1) is 22.8. The average Bonchev–Trinajstić information content (AvgIpc) is 3.12. The minimum atomic E-state index is -1.07. The van der Waals surface area contributed by atoms with Crippen molar-refractivity contribution in [2.45, 2.75) is 57.0 Å². The van der Waals surface area contributed by atoms with Crippen molar-refractivity contribution in [2.24, 2.45) is 5.92 Å². The first-order chi connectivity index (χ1) is 15.9. The zero-order chi connectivity index (χ0) is 23.4. The van der Waals surface area contributed by atoms with Gasteiger partial charge in [0.15, 0.2) is 0 Å². The number of fused-ring (bicyclic) bond motifs is 3. The largest absolute Gasteiger partial charge is 0.480 e. The van der Waals surface area contributed by atoms with E-state index in [1.54, 1.807) is 0 Å². The summed E-state index contributed by atoms with van der Waals surface area (Å²) in [6, 6.07) is 15.3. The SMILES string of the molecule is C[C@@H](NC(=O)C[C@@H]1CCCC[C@@H]1NC(=O)OCC1c2ccccc2-c2ccccc21)C(=O)O. The van der Waals surface area contributed by atoms with Crippen LogP contribution in [0.25, 0.3) is 11.1 Å². The van der Waals surface area contributed by atoms with Crippen molar-refractivity contribution in [1.82, 2.24) is 10.6 Å². The van der Waals surface area contributed by atoms with Gasteiger partial charge in [0, 0.05) is 18.4 Å². The van der Waals surface area contributed by atoms with Crippen molar-refractivity contribution in [3.63, 3.8) is 0 Å². The number of carbonyl (C=O) groups excluding carboxylic acids is 2. The maximum atomic E-state index is 12.7. The molecule has 2 aromatic rings. The second kappa shape index (κ2) is 10.1. The van der Waals surface area contributed by atoms with E-state index in [1.807, 2.05) is 24.3 Å². The summed E-state index contributed by atoms with van der Waals surface area (Å²) in [5.74, 6) is -1.43. The molecule has 2 aliphatic carbocycles. The third-order valence-electron chi connectivity index (χ3n) is 6.75. The lowest BCUT2D eigenvalue weighted by Crippen LogP contribution is -2.45. The molecule has 7 heteroatoms. The standard InChI is InChI=1S/C26H30N2O5/c1-16(25(30)31)27-24(29)14-17-8-2-7-13-23(17)28-26(32)33-15-22-20-11-5-3-9-18(20)19-10-4-6-12-21(19)22/h3-6,9-12,16-17,22-23H,2,7-8,13-15H2,1H3,(H,27,29)(H,28,32)(H,30,31)/t16-,17+,23+/m1/s1. The molecule has 0 aromatic heterocycles. The topological polar surface area (TPSA) is 105 Å². The molecule has 174 valence electrons. The van der Waals surface area contributed by atoms with Crippen LogP contribution in [0.15, 0.2) is 48.5 Å². The lowest BCUT2D eigenvalue weighted by atomic mass is 9.82. The van der Waals surface area contributed by atoms with Crippen molar-refractivity contribution < 1.29 is 24.2 Å². The minimum absolute atomic E-state index is 0.00594.